The van der Waals surface area contributed by atoms with Gasteiger partial charge in [-0.3, -0.25) is 0 Å². The van der Waals surface area contributed by atoms with Crippen LogP contribution in [0, 0.1) is 0 Å². The van der Waals surface area contributed by atoms with Crippen LogP contribution in [0.5, 0.6) is 11.5 Å². The van der Waals surface area contributed by atoms with Gasteiger partial charge in [-0.25, -0.2) is 0 Å². The summed E-state index contributed by atoms with van der Waals surface area (Å²) in [7, 11) is 0. The Morgan fingerprint density at radius 1 is 0.833 bits per heavy atom. The zero-order valence-corrected chi connectivity index (χ0v) is 10.8. The molecule has 0 heterocycles. The lowest BCUT2D eigenvalue weighted by Crippen LogP contribution is -1.96. The van der Waals surface area contributed by atoms with Crippen LogP contribution in [0.25, 0.3) is 11.1 Å². The van der Waals surface area contributed by atoms with Gasteiger partial charge < -0.3 is 9.47 Å². The second kappa shape index (κ2) is 6.10. The average molecular weight is 242 g/mol. The Hall–Kier alpha value is -1.96. The molecule has 0 saturated carbocycles. The minimum Gasteiger partial charge on any atom is -0.494 e. The molecule has 0 aromatic heterocycles. The molecule has 0 bridgehead atoms. The maximum Gasteiger partial charge on any atom is 0.127 e. The molecule has 0 atom stereocenters. The highest BCUT2D eigenvalue weighted by Gasteiger charge is 2.07. The van der Waals surface area contributed by atoms with Crippen molar-refractivity contribution in [3.63, 3.8) is 0 Å². The molecule has 94 valence electrons. The second-order valence-electron chi connectivity index (χ2n) is 3.89. The van der Waals surface area contributed by atoms with Gasteiger partial charge in [0, 0.05) is 5.56 Å². The minimum absolute atomic E-state index is 0.661. The fourth-order valence-corrected chi connectivity index (χ4v) is 1.89. The van der Waals surface area contributed by atoms with E-state index in [0.29, 0.717) is 13.2 Å². The molecule has 2 rings (SSSR count). The van der Waals surface area contributed by atoms with Gasteiger partial charge in [-0.1, -0.05) is 30.3 Å². The summed E-state index contributed by atoms with van der Waals surface area (Å²) >= 11 is 0. The van der Waals surface area contributed by atoms with Crippen LogP contribution in [0.4, 0.5) is 0 Å². The Labute approximate surface area is 108 Å². The van der Waals surface area contributed by atoms with Crippen molar-refractivity contribution in [2.45, 2.75) is 13.8 Å². The quantitative estimate of drug-likeness (QED) is 0.784. The number of rotatable bonds is 5. The third kappa shape index (κ3) is 2.83. The Morgan fingerprint density at radius 2 is 1.56 bits per heavy atom. The lowest BCUT2D eigenvalue weighted by Gasteiger charge is -2.12. The minimum atomic E-state index is 0.661. The summed E-state index contributed by atoms with van der Waals surface area (Å²) in [4.78, 5) is 0. The van der Waals surface area contributed by atoms with Crippen molar-refractivity contribution in [3.8, 4) is 22.6 Å². The van der Waals surface area contributed by atoms with Crippen LogP contribution in [-0.4, -0.2) is 13.2 Å². The molecule has 18 heavy (non-hydrogen) atoms. The van der Waals surface area contributed by atoms with Crippen molar-refractivity contribution in [1.82, 2.24) is 0 Å². The summed E-state index contributed by atoms with van der Waals surface area (Å²) in [5.41, 5.74) is 2.21. The summed E-state index contributed by atoms with van der Waals surface area (Å²) in [5.74, 6) is 1.77. The van der Waals surface area contributed by atoms with Gasteiger partial charge in [0.05, 0.1) is 13.2 Å². The Bertz CT molecular complexity index is 492. The molecule has 2 aromatic rings. The van der Waals surface area contributed by atoms with Crippen LogP contribution < -0.4 is 9.47 Å². The molecule has 0 radical (unpaired) electrons. The van der Waals surface area contributed by atoms with Crippen molar-refractivity contribution >= 4 is 0 Å². The largest absolute Gasteiger partial charge is 0.494 e. The average Bonchev–Trinajstić information content (AvgIpc) is 2.42. The topological polar surface area (TPSA) is 18.5 Å². The lowest BCUT2D eigenvalue weighted by molar-refractivity contribution is 0.331. The van der Waals surface area contributed by atoms with Gasteiger partial charge in [-0.2, -0.15) is 0 Å². The predicted molar refractivity (Wildman–Crippen MR) is 74.2 cm³/mol. The maximum atomic E-state index is 5.67. The number of ether oxygens (including phenoxy) is 2. The first-order valence-corrected chi connectivity index (χ1v) is 6.30. The van der Waals surface area contributed by atoms with Gasteiger partial charge in [0.25, 0.3) is 0 Å². The SMILES string of the molecule is CCOc1ccc(OCC)c(-c2ccccc2)c1. The zero-order chi connectivity index (χ0) is 12.8. The molecule has 0 N–H and O–H groups in total. The van der Waals surface area contributed by atoms with Crippen molar-refractivity contribution < 1.29 is 9.47 Å². The first-order chi connectivity index (χ1) is 8.85. The Kier molecular flexibility index (Phi) is 4.24. The van der Waals surface area contributed by atoms with Gasteiger partial charge in [0.2, 0.25) is 0 Å². The molecule has 2 aromatic carbocycles. The maximum absolute atomic E-state index is 5.67. The molecule has 0 spiro atoms. The van der Waals surface area contributed by atoms with Crippen molar-refractivity contribution in [2.24, 2.45) is 0 Å². The van der Waals surface area contributed by atoms with E-state index in [4.69, 9.17) is 9.47 Å². The van der Waals surface area contributed by atoms with Gasteiger partial charge in [0.15, 0.2) is 0 Å². The highest BCUT2D eigenvalue weighted by atomic mass is 16.5. The predicted octanol–water partition coefficient (Wildman–Crippen LogP) is 4.15. The normalized spacial score (nSPS) is 10.1. The molecule has 0 fully saturated rings. The molecule has 0 saturated heterocycles. The van der Waals surface area contributed by atoms with Crippen LogP contribution in [0.3, 0.4) is 0 Å². The molecule has 0 unspecified atom stereocenters. The summed E-state index contributed by atoms with van der Waals surface area (Å²) in [6.45, 7) is 5.31. The Morgan fingerprint density at radius 3 is 2.22 bits per heavy atom. The number of benzene rings is 2. The van der Waals surface area contributed by atoms with E-state index in [1.54, 1.807) is 0 Å². The van der Waals surface area contributed by atoms with Crippen molar-refractivity contribution in [1.29, 1.82) is 0 Å². The van der Waals surface area contributed by atoms with Crippen LogP contribution in [0.2, 0.25) is 0 Å². The summed E-state index contributed by atoms with van der Waals surface area (Å²) < 4.78 is 11.2. The molecule has 0 amide bonds. The van der Waals surface area contributed by atoms with Gasteiger partial charge >= 0.3 is 0 Å². The van der Waals surface area contributed by atoms with Crippen LogP contribution in [-0.2, 0) is 0 Å². The van der Waals surface area contributed by atoms with E-state index < -0.39 is 0 Å². The smallest absolute Gasteiger partial charge is 0.127 e. The summed E-state index contributed by atoms with van der Waals surface area (Å²) in [6, 6.07) is 16.2. The van der Waals surface area contributed by atoms with E-state index in [1.165, 1.54) is 0 Å². The van der Waals surface area contributed by atoms with E-state index in [2.05, 4.69) is 12.1 Å². The monoisotopic (exact) mass is 242 g/mol. The summed E-state index contributed by atoms with van der Waals surface area (Å²) in [5, 5.41) is 0. The first-order valence-electron chi connectivity index (χ1n) is 6.30. The molecule has 2 nitrogen and oxygen atoms in total. The van der Waals surface area contributed by atoms with E-state index in [9.17, 15) is 0 Å². The molecular weight excluding hydrogens is 224 g/mol. The molecule has 0 aliphatic heterocycles. The molecule has 0 aliphatic carbocycles. The standard InChI is InChI=1S/C16H18O2/c1-3-17-14-10-11-16(18-4-2)15(12-14)13-8-6-5-7-9-13/h5-12H,3-4H2,1-2H3. The Balaban J connectivity index is 2.43. The zero-order valence-electron chi connectivity index (χ0n) is 10.8. The highest BCUT2D eigenvalue weighted by Crippen LogP contribution is 2.33. The van der Waals surface area contributed by atoms with E-state index in [1.807, 2.05) is 50.2 Å². The van der Waals surface area contributed by atoms with Crippen molar-refractivity contribution in [3.05, 3.63) is 48.5 Å². The fraction of sp³-hybridized carbons (Fsp3) is 0.250. The third-order valence-electron chi connectivity index (χ3n) is 2.65. The van der Waals surface area contributed by atoms with Crippen LogP contribution in [0.1, 0.15) is 13.8 Å². The summed E-state index contributed by atoms with van der Waals surface area (Å²) in [6.07, 6.45) is 0. The van der Waals surface area contributed by atoms with E-state index >= 15 is 0 Å². The lowest BCUT2D eigenvalue weighted by atomic mass is 10.0. The molecule has 0 aliphatic rings. The van der Waals surface area contributed by atoms with E-state index in [-0.39, 0.29) is 0 Å². The van der Waals surface area contributed by atoms with Crippen molar-refractivity contribution in [2.75, 3.05) is 13.2 Å². The van der Waals surface area contributed by atoms with Gasteiger partial charge in [-0.05, 0) is 37.6 Å². The van der Waals surface area contributed by atoms with Crippen LogP contribution in [0.15, 0.2) is 48.5 Å². The highest BCUT2D eigenvalue weighted by molar-refractivity contribution is 5.72. The fourth-order valence-electron chi connectivity index (χ4n) is 1.89. The third-order valence-corrected chi connectivity index (χ3v) is 2.65. The number of hydrogen-bond donors (Lipinski definition) is 0. The van der Waals surface area contributed by atoms with Gasteiger partial charge in [0.1, 0.15) is 11.5 Å². The second-order valence-corrected chi connectivity index (χ2v) is 3.89. The molecule has 2 heteroatoms. The number of hydrogen-bond acceptors (Lipinski definition) is 2. The van der Waals surface area contributed by atoms with E-state index in [0.717, 1.165) is 22.6 Å². The van der Waals surface area contributed by atoms with Gasteiger partial charge in [-0.15, -0.1) is 0 Å². The first kappa shape index (κ1) is 12.5. The molecular formula is C16H18O2. The van der Waals surface area contributed by atoms with Crippen LogP contribution >= 0.6 is 0 Å².